The molecule has 0 aromatic carbocycles. The summed E-state index contributed by atoms with van der Waals surface area (Å²) in [6.45, 7) is -3.27. The number of aromatic carboxylic acids is 1. The topological polar surface area (TPSA) is 62.7 Å². The highest BCUT2D eigenvalue weighted by Gasteiger charge is 2.46. The molecular weight excluding hydrogens is 303 g/mol. The van der Waals surface area contributed by atoms with Gasteiger partial charge in [-0.1, -0.05) is 0 Å². The fourth-order valence-electron chi connectivity index (χ4n) is 1.84. The number of rotatable bonds is 4. The van der Waals surface area contributed by atoms with E-state index in [1.165, 1.54) is 0 Å². The van der Waals surface area contributed by atoms with Crippen LogP contribution in [0.4, 0.5) is 27.6 Å². The summed E-state index contributed by atoms with van der Waals surface area (Å²) in [5.74, 6) is -5.01. The number of anilines is 1. The molecule has 1 fully saturated rings. The van der Waals surface area contributed by atoms with E-state index in [0.29, 0.717) is 0 Å². The van der Waals surface area contributed by atoms with Crippen LogP contribution < -0.4 is 9.64 Å². The van der Waals surface area contributed by atoms with Gasteiger partial charge in [0.05, 0.1) is 13.1 Å². The van der Waals surface area contributed by atoms with Crippen LogP contribution in [0.15, 0.2) is 12.3 Å². The lowest BCUT2D eigenvalue weighted by molar-refractivity contribution is -0.153. The minimum absolute atomic E-state index is 0.375. The van der Waals surface area contributed by atoms with Crippen LogP contribution in [0.2, 0.25) is 0 Å². The van der Waals surface area contributed by atoms with Crippen molar-refractivity contribution in [2.24, 2.45) is 0 Å². The summed E-state index contributed by atoms with van der Waals surface area (Å²) in [7, 11) is 0. The summed E-state index contributed by atoms with van der Waals surface area (Å²) in [5, 5.41) is 8.96. The molecule has 0 amide bonds. The van der Waals surface area contributed by atoms with Gasteiger partial charge in [-0.2, -0.15) is 13.2 Å². The number of aromatic nitrogens is 1. The van der Waals surface area contributed by atoms with Gasteiger partial charge in [0.25, 0.3) is 5.92 Å². The average molecular weight is 312 g/mol. The van der Waals surface area contributed by atoms with Crippen molar-refractivity contribution in [2.45, 2.75) is 12.1 Å². The number of carboxylic acid groups (broad SMARTS) is 1. The van der Waals surface area contributed by atoms with Gasteiger partial charge in [-0.05, 0) is 0 Å². The molecule has 1 aliphatic heterocycles. The summed E-state index contributed by atoms with van der Waals surface area (Å²) in [6, 6.07) is 1.00. The van der Waals surface area contributed by atoms with Gasteiger partial charge >= 0.3 is 12.1 Å². The van der Waals surface area contributed by atoms with Crippen LogP contribution in [0.1, 0.15) is 10.5 Å². The molecule has 0 unspecified atom stereocenters. The highest BCUT2D eigenvalue weighted by Crippen LogP contribution is 2.39. The molecule has 1 N–H and O–H groups in total. The van der Waals surface area contributed by atoms with E-state index in [2.05, 4.69) is 9.72 Å². The maximum atomic E-state index is 12.9. The summed E-state index contributed by atoms with van der Waals surface area (Å²) in [5.41, 5.74) is -1.01. The lowest BCUT2D eigenvalue weighted by Crippen LogP contribution is -2.57. The van der Waals surface area contributed by atoms with Gasteiger partial charge in [0, 0.05) is 12.3 Å². The normalized spacial score (nSPS) is 17.3. The Kier molecular flexibility index (Phi) is 3.64. The smallest absolute Gasteiger partial charge is 0.422 e. The average Bonchev–Trinajstić information content (AvgIpc) is 2.31. The van der Waals surface area contributed by atoms with Crippen LogP contribution in [0.25, 0.3) is 0 Å². The number of carboxylic acids is 1. The van der Waals surface area contributed by atoms with E-state index < -0.39 is 49.2 Å². The number of nitrogens with zero attached hydrogens (tertiary/aromatic N) is 2. The Hall–Kier alpha value is -2.13. The van der Waals surface area contributed by atoms with Crippen molar-refractivity contribution in [3.05, 3.63) is 18.0 Å². The Balaban J connectivity index is 2.31. The number of ether oxygens (including phenoxy) is 1. The van der Waals surface area contributed by atoms with E-state index in [-0.39, 0.29) is 5.69 Å². The quantitative estimate of drug-likeness (QED) is 0.863. The van der Waals surface area contributed by atoms with E-state index in [1.807, 2.05) is 0 Å². The molecule has 10 heteroatoms. The fraction of sp³-hybridized carbons (Fsp3) is 0.455. The SMILES string of the molecule is O=C(O)c1nccc(OCC(F)(F)F)c1N1CC(F)(F)C1. The summed E-state index contributed by atoms with van der Waals surface area (Å²) in [6.07, 6.45) is -3.70. The first-order valence-corrected chi connectivity index (χ1v) is 5.64. The molecule has 0 spiro atoms. The van der Waals surface area contributed by atoms with Crippen molar-refractivity contribution < 1.29 is 36.6 Å². The predicted octanol–water partition coefficient (Wildman–Crippen LogP) is 2.18. The van der Waals surface area contributed by atoms with Crippen molar-refractivity contribution in [1.82, 2.24) is 4.98 Å². The molecular formula is C11H9F5N2O3. The number of alkyl halides is 5. The third kappa shape index (κ3) is 3.50. The molecule has 116 valence electrons. The first kappa shape index (κ1) is 15.3. The van der Waals surface area contributed by atoms with Gasteiger partial charge < -0.3 is 14.7 Å². The van der Waals surface area contributed by atoms with Crippen LogP contribution in [0, 0.1) is 0 Å². The van der Waals surface area contributed by atoms with Crippen molar-refractivity contribution in [1.29, 1.82) is 0 Å². The van der Waals surface area contributed by atoms with E-state index in [1.54, 1.807) is 0 Å². The van der Waals surface area contributed by atoms with Crippen LogP contribution in [-0.2, 0) is 0 Å². The monoisotopic (exact) mass is 312 g/mol. The Morgan fingerprint density at radius 1 is 1.43 bits per heavy atom. The van der Waals surface area contributed by atoms with Gasteiger partial charge in [-0.15, -0.1) is 0 Å². The lowest BCUT2D eigenvalue weighted by atomic mass is 10.1. The van der Waals surface area contributed by atoms with Crippen LogP contribution in [0.3, 0.4) is 0 Å². The Labute approximate surface area is 114 Å². The maximum absolute atomic E-state index is 12.9. The summed E-state index contributed by atoms with van der Waals surface area (Å²) >= 11 is 0. The van der Waals surface area contributed by atoms with E-state index in [0.717, 1.165) is 17.2 Å². The van der Waals surface area contributed by atoms with E-state index in [9.17, 15) is 26.7 Å². The third-order valence-corrected chi connectivity index (χ3v) is 2.64. The molecule has 1 aromatic heterocycles. The van der Waals surface area contributed by atoms with Crippen molar-refractivity contribution in [3.8, 4) is 5.75 Å². The lowest BCUT2D eigenvalue weighted by Gasteiger charge is -2.41. The predicted molar refractivity (Wildman–Crippen MR) is 59.9 cm³/mol. The molecule has 21 heavy (non-hydrogen) atoms. The van der Waals surface area contributed by atoms with E-state index in [4.69, 9.17) is 5.11 Å². The van der Waals surface area contributed by atoms with Gasteiger partial charge in [0.15, 0.2) is 12.3 Å². The summed E-state index contributed by atoms with van der Waals surface area (Å²) in [4.78, 5) is 15.4. The second kappa shape index (κ2) is 5.01. The number of carbonyl (C=O) groups is 1. The Morgan fingerprint density at radius 3 is 2.52 bits per heavy atom. The minimum atomic E-state index is -4.64. The van der Waals surface area contributed by atoms with Crippen molar-refractivity contribution >= 4 is 11.7 Å². The Bertz CT molecular complexity index is 553. The largest absolute Gasteiger partial charge is 0.482 e. The second-order valence-electron chi connectivity index (χ2n) is 4.43. The molecule has 1 aliphatic rings. The number of halogens is 5. The van der Waals surface area contributed by atoms with Crippen LogP contribution in [0.5, 0.6) is 5.75 Å². The standard InChI is InChI=1S/C11H9F5N2O3/c12-10(13)3-18(4-10)8-6(21-5-11(14,15)16)1-2-17-7(8)9(19)20/h1-2H,3-5H2,(H,19,20). The van der Waals surface area contributed by atoms with E-state index >= 15 is 0 Å². The zero-order valence-corrected chi connectivity index (χ0v) is 10.3. The van der Waals surface area contributed by atoms with Gasteiger partial charge in [0.2, 0.25) is 0 Å². The van der Waals surface area contributed by atoms with Gasteiger partial charge in [0.1, 0.15) is 11.4 Å². The molecule has 0 atom stereocenters. The van der Waals surface area contributed by atoms with Crippen LogP contribution >= 0.6 is 0 Å². The molecule has 0 aliphatic carbocycles. The van der Waals surface area contributed by atoms with Crippen molar-refractivity contribution in [3.63, 3.8) is 0 Å². The molecule has 0 radical (unpaired) electrons. The highest BCUT2D eigenvalue weighted by atomic mass is 19.4. The molecule has 0 bridgehead atoms. The number of pyridine rings is 1. The molecule has 1 saturated heterocycles. The number of hydrogen-bond acceptors (Lipinski definition) is 4. The molecule has 2 heterocycles. The maximum Gasteiger partial charge on any atom is 0.422 e. The number of hydrogen-bond donors (Lipinski definition) is 1. The van der Waals surface area contributed by atoms with Gasteiger partial charge in [-0.3, -0.25) is 0 Å². The highest BCUT2D eigenvalue weighted by molar-refractivity contribution is 5.94. The molecule has 1 aromatic rings. The molecule has 5 nitrogen and oxygen atoms in total. The van der Waals surface area contributed by atoms with Gasteiger partial charge in [-0.25, -0.2) is 18.6 Å². The molecule has 0 saturated carbocycles. The zero-order valence-electron chi connectivity index (χ0n) is 10.3. The first-order chi connectivity index (χ1) is 9.59. The zero-order chi connectivity index (χ0) is 15.8. The third-order valence-electron chi connectivity index (χ3n) is 2.64. The second-order valence-corrected chi connectivity index (χ2v) is 4.43. The fourth-order valence-corrected chi connectivity index (χ4v) is 1.84. The first-order valence-electron chi connectivity index (χ1n) is 5.64. The van der Waals surface area contributed by atoms with Crippen molar-refractivity contribution in [2.75, 3.05) is 24.6 Å². The Morgan fingerprint density at radius 2 is 2.05 bits per heavy atom. The summed E-state index contributed by atoms with van der Waals surface area (Å²) < 4.78 is 66.8. The molecule has 2 rings (SSSR count). The minimum Gasteiger partial charge on any atom is -0.482 e. The van der Waals surface area contributed by atoms with Crippen LogP contribution in [-0.4, -0.2) is 47.9 Å².